The molecule has 3 heterocycles. The Morgan fingerprint density at radius 2 is 2.07 bits per heavy atom. The first-order valence-corrected chi connectivity index (χ1v) is 10.3. The summed E-state index contributed by atoms with van der Waals surface area (Å²) in [5.74, 6) is 1.80. The number of nitrogens with zero attached hydrogens (tertiary/aromatic N) is 3. The Hall–Kier alpha value is -2.17. The van der Waals surface area contributed by atoms with E-state index >= 15 is 0 Å². The largest absolute Gasteiger partial charge is 0.367 e. The Morgan fingerprint density at radius 1 is 1.26 bits per heavy atom. The van der Waals surface area contributed by atoms with Crippen molar-refractivity contribution in [1.82, 2.24) is 14.8 Å². The Balaban J connectivity index is 1.52. The van der Waals surface area contributed by atoms with E-state index < -0.39 is 0 Å². The van der Waals surface area contributed by atoms with Crippen molar-refractivity contribution in [2.75, 3.05) is 5.32 Å². The van der Waals surface area contributed by atoms with Gasteiger partial charge < -0.3 is 5.32 Å². The molecule has 1 fully saturated rings. The zero-order valence-electron chi connectivity index (χ0n) is 16.4. The van der Waals surface area contributed by atoms with Crippen LogP contribution in [0.1, 0.15) is 74.7 Å². The van der Waals surface area contributed by atoms with Crippen LogP contribution < -0.4 is 5.32 Å². The molecule has 1 aliphatic heterocycles. The molecule has 0 saturated heterocycles. The molecular weight excluding hydrogens is 336 g/mol. The molecule has 4 rings (SSSR count). The summed E-state index contributed by atoms with van der Waals surface area (Å²) in [7, 11) is 0. The van der Waals surface area contributed by atoms with Gasteiger partial charge in [0.05, 0.1) is 17.3 Å². The predicted octanol–water partition coefficient (Wildman–Crippen LogP) is 4.59. The quantitative estimate of drug-likeness (QED) is 0.786. The fourth-order valence-electron chi connectivity index (χ4n) is 4.76. The van der Waals surface area contributed by atoms with Crippen LogP contribution in [0.3, 0.4) is 0 Å². The van der Waals surface area contributed by atoms with E-state index in [-0.39, 0.29) is 11.3 Å². The van der Waals surface area contributed by atoms with E-state index in [4.69, 9.17) is 0 Å². The molecule has 2 aromatic heterocycles. The minimum atomic E-state index is -0.0649. The van der Waals surface area contributed by atoms with E-state index in [0.29, 0.717) is 24.8 Å². The third-order valence-electron chi connectivity index (χ3n) is 6.27. The Morgan fingerprint density at radius 3 is 2.81 bits per heavy atom. The molecule has 2 aromatic rings. The van der Waals surface area contributed by atoms with Crippen LogP contribution in [0, 0.1) is 5.92 Å². The van der Waals surface area contributed by atoms with E-state index in [1.54, 1.807) is 12.4 Å². The van der Waals surface area contributed by atoms with Crippen LogP contribution in [0.4, 0.5) is 5.82 Å². The molecule has 0 bridgehead atoms. The fourth-order valence-corrected chi connectivity index (χ4v) is 4.76. The average Bonchev–Trinajstić information content (AvgIpc) is 3.12. The van der Waals surface area contributed by atoms with Gasteiger partial charge in [-0.15, -0.1) is 0 Å². The third kappa shape index (κ3) is 3.78. The van der Waals surface area contributed by atoms with Gasteiger partial charge >= 0.3 is 0 Å². The highest BCUT2D eigenvalue weighted by Crippen LogP contribution is 2.39. The molecule has 0 radical (unpaired) electrons. The number of nitrogens with one attached hydrogen (secondary N) is 1. The van der Waals surface area contributed by atoms with Crippen molar-refractivity contribution >= 4 is 11.6 Å². The number of ketones is 1. The Labute approximate surface area is 161 Å². The molecule has 0 aromatic carbocycles. The lowest BCUT2D eigenvalue weighted by Gasteiger charge is -2.42. The normalized spacial score (nSPS) is 22.1. The number of anilines is 1. The summed E-state index contributed by atoms with van der Waals surface area (Å²) in [4.78, 5) is 17.1. The maximum atomic E-state index is 12.9. The lowest BCUT2D eigenvalue weighted by Crippen LogP contribution is -2.45. The summed E-state index contributed by atoms with van der Waals surface area (Å²) >= 11 is 0. The number of hydrogen-bond acceptors (Lipinski definition) is 4. The first kappa shape index (κ1) is 18.2. The molecule has 144 valence electrons. The molecule has 1 unspecified atom stereocenters. The monoisotopic (exact) mass is 366 g/mol. The van der Waals surface area contributed by atoms with Crippen LogP contribution in [-0.2, 0) is 12.0 Å². The average molecular weight is 367 g/mol. The number of fused-ring (bicyclic) bond motifs is 1. The summed E-state index contributed by atoms with van der Waals surface area (Å²) in [5, 5.41) is 8.30. The Bertz CT molecular complexity index is 790. The Kier molecular flexibility index (Phi) is 5.02. The van der Waals surface area contributed by atoms with Gasteiger partial charge in [0.15, 0.2) is 5.78 Å². The highest BCUT2D eigenvalue weighted by atomic mass is 16.1. The highest BCUT2D eigenvalue weighted by Gasteiger charge is 2.39. The molecule has 5 heteroatoms. The molecule has 27 heavy (non-hydrogen) atoms. The van der Waals surface area contributed by atoms with Crippen molar-refractivity contribution in [2.24, 2.45) is 5.92 Å². The molecule has 1 saturated carbocycles. The van der Waals surface area contributed by atoms with Gasteiger partial charge in [0.25, 0.3) is 0 Å². The first-order chi connectivity index (χ1) is 13.0. The van der Waals surface area contributed by atoms with Crippen molar-refractivity contribution < 1.29 is 4.79 Å². The van der Waals surface area contributed by atoms with Crippen LogP contribution in [0.5, 0.6) is 0 Å². The SMILES string of the molecule is CC1(C)CC(C2CCCCC2)Nc2c(C(=O)CCc3cccnc3)cnn21. The van der Waals surface area contributed by atoms with E-state index in [2.05, 4.69) is 29.2 Å². The lowest BCUT2D eigenvalue weighted by molar-refractivity contribution is 0.0983. The molecule has 1 atom stereocenters. The fraction of sp³-hybridized carbons (Fsp3) is 0.591. The van der Waals surface area contributed by atoms with Crippen molar-refractivity contribution in [2.45, 2.75) is 76.8 Å². The van der Waals surface area contributed by atoms with Crippen molar-refractivity contribution in [3.05, 3.63) is 41.9 Å². The molecule has 1 N–H and O–H groups in total. The number of carbonyl (C=O) groups excluding carboxylic acids is 1. The van der Waals surface area contributed by atoms with Gasteiger partial charge in [-0.1, -0.05) is 25.3 Å². The highest BCUT2D eigenvalue weighted by molar-refractivity contribution is 6.00. The standard InChI is InChI=1S/C22H30N4O/c1-22(2)13-19(17-8-4-3-5-9-17)25-21-18(15-24-26(21)22)20(27)11-10-16-7-6-12-23-14-16/h6-7,12,14-15,17,19,25H,3-5,8-11,13H2,1-2H3. The van der Waals surface area contributed by atoms with E-state index in [0.717, 1.165) is 23.4 Å². The maximum Gasteiger partial charge on any atom is 0.168 e. The molecule has 1 aliphatic carbocycles. The van der Waals surface area contributed by atoms with Crippen molar-refractivity contribution in [3.63, 3.8) is 0 Å². The second kappa shape index (κ2) is 7.45. The third-order valence-corrected chi connectivity index (χ3v) is 6.27. The topological polar surface area (TPSA) is 59.8 Å². The van der Waals surface area contributed by atoms with Gasteiger partial charge in [-0.05, 0) is 57.1 Å². The van der Waals surface area contributed by atoms with Gasteiger partial charge in [0, 0.05) is 24.9 Å². The smallest absolute Gasteiger partial charge is 0.168 e. The van der Waals surface area contributed by atoms with Gasteiger partial charge in [-0.3, -0.25) is 9.78 Å². The van der Waals surface area contributed by atoms with Gasteiger partial charge in [-0.25, -0.2) is 4.68 Å². The molecule has 5 nitrogen and oxygen atoms in total. The molecule has 0 spiro atoms. The minimum Gasteiger partial charge on any atom is -0.367 e. The number of pyridine rings is 1. The van der Waals surface area contributed by atoms with Crippen LogP contribution in [-0.4, -0.2) is 26.6 Å². The zero-order valence-corrected chi connectivity index (χ0v) is 16.4. The number of Topliss-reactive ketones (excluding diaryl/α,β-unsaturated/α-hetero) is 1. The second-order valence-electron chi connectivity index (χ2n) is 8.77. The summed E-state index contributed by atoms with van der Waals surface area (Å²) in [5.41, 5.74) is 1.78. The number of rotatable bonds is 5. The molecular formula is C22H30N4O. The van der Waals surface area contributed by atoms with Crippen LogP contribution in [0.2, 0.25) is 0 Å². The van der Waals surface area contributed by atoms with Crippen molar-refractivity contribution in [3.8, 4) is 0 Å². The van der Waals surface area contributed by atoms with Crippen molar-refractivity contribution in [1.29, 1.82) is 0 Å². The summed E-state index contributed by atoms with van der Waals surface area (Å²) in [6, 6.07) is 4.38. The number of aryl methyl sites for hydroxylation is 1. The van der Waals surface area contributed by atoms with Crippen LogP contribution in [0.15, 0.2) is 30.7 Å². The second-order valence-corrected chi connectivity index (χ2v) is 8.77. The van der Waals surface area contributed by atoms with Gasteiger partial charge in [0.1, 0.15) is 5.82 Å². The van der Waals surface area contributed by atoms with Crippen LogP contribution in [0.25, 0.3) is 0 Å². The number of aromatic nitrogens is 3. The van der Waals surface area contributed by atoms with Gasteiger partial charge in [-0.2, -0.15) is 5.10 Å². The van der Waals surface area contributed by atoms with Gasteiger partial charge in [0.2, 0.25) is 0 Å². The van der Waals surface area contributed by atoms with Crippen LogP contribution >= 0.6 is 0 Å². The molecule has 0 amide bonds. The summed E-state index contributed by atoms with van der Waals surface area (Å²) in [6.45, 7) is 4.48. The van der Waals surface area contributed by atoms with E-state index in [1.807, 2.05) is 23.0 Å². The zero-order chi connectivity index (χ0) is 18.9. The van der Waals surface area contributed by atoms with E-state index in [9.17, 15) is 4.79 Å². The van der Waals surface area contributed by atoms with E-state index in [1.165, 1.54) is 32.1 Å². The predicted molar refractivity (Wildman–Crippen MR) is 107 cm³/mol. The summed E-state index contributed by atoms with van der Waals surface area (Å²) in [6.07, 6.45) is 14.2. The number of hydrogen-bond donors (Lipinski definition) is 1. The summed E-state index contributed by atoms with van der Waals surface area (Å²) < 4.78 is 2.03. The maximum absolute atomic E-state index is 12.9. The lowest BCUT2D eigenvalue weighted by atomic mass is 9.78. The number of carbonyl (C=O) groups is 1. The minimum absolute atomic E-state index is 0.0649. The molecule has 2 aliphatic rings. The first-order valence-electron chi connectivity index (χ1n) is 10.3.